The highest BCUT2D eigenvalue weighted by Gasteiger charge is 2.24. The van der Waals surface area contributed by atoms with Crippen molar-refractivity contribution in [3.63, 3.8) is 0 Å². The van der Waals surface area contributed by atoms with Crippen molar-refractivity contribution in [2.45, 2.75) is 25.7 Å². The van der Waals surface area contributed by atoms with Crippen LogP contribution in [0.1, 0.15) is 45.7 Å². The molecular formula is C11H14N2O3S. The van der Waals surface area contributed by atoms with Crippen LogP contribution in [0, 0.1) is 0 Å². The maximum absolute atomic E-state index is 12.2. The Hall–Kier alpha value is -1.43. The van der Waals surface area contributed by atoms with Crippen molar-refractivity contribution in [3.05, 3.63) is 16.6 Å². The van der Waals surface area contributed by atoms with Gasteiger partial charge in [-0.15, -0.1) is 0 Å². The van der Waals surface area contributed by atoms with Gasteiger partial charge in [-0.1, -0.05) is 12.8 Å². The minimum absolute atomic E-state index is 0.0178. The number of nitrogens with zero attached hydrogens (tertiary/aromatic N) is 2. The zero-order valence-electron chi connectivity index (χ0n) is 9.39. The molecule has 17 heavy (non-hydrogen) atoms. The van der Waals surface area contributed by atoms with E-state index in [0.717, 1.165) is 50.3 Å². The van der Waals surface area contributed by atoms with E-state index in [2.05, 4.69) is 4.37 Å². The molecule has 1 saturated heterocycles. The fraction of sp³-hybridized carbons (Fsp3) is 0.545. The van der Waals surface area contributed by atoms with Crippen LogP contribution < -0.4 is 0 Å². The van der Waals surface area contributed by atoms with Gasteiger partial charge in [0.1, 0.15) is 10.4 Å². The molecule has 0 spiro atoms. The van der Waals surface area contributed by atoms with E-state index >= 15 is 0 Å². The van der Waals surface area contributed by atoms with Crippen LogP contribution in [0.3, 0.4) is 0 Å². The van der Waals surface area contributed by atoms with Crippen LogP contribution in [0.25, 0.3) is 0 Å². The minimum Gasteiger partial charge on any atom is -0.478 e. The van der Waals surface area contributed by atoms with E-state index < -0.39 is 5.97 Å². The number of carboxylic acid groups (broad SMARTS) is 1. The first kappa shape index (κ1) is 12.0. The standard InChI is InChI=1S/C11H14N2O3S/c14-10(13-5-3-1-2-4-6-13)9-8(11(15)16)7-12-17-9/h7H,1-6H2,(H,15,16). The second-order valence-corrected chi connectivity index (χ2v) is 4.88. The van der Waals surface area contributed by atoms with Crippen LogP contribution in [0.2, 0.25) is 0 Å². The van der Waals surface area contributed by atoms with Crippen molar-refractivity contribution in [2.75, 3.05) is 13.1 Å². The molecule has 1 aromatic rings. The molecule has 1 aliphatic heterocycles. The Labute approximate surface area is 103 Å². The number of likely N-dealkylation sites (tertiary alicyclic amines) is 1. The normalized spacial score (nSPS) is 16.6. The topological polar surface area (TPSA) is 70.5 Å². The zero-order chi connectivity index (χ0) is 12.3. The largest absolute Gasteiger partial charge is 0.478 e. The van der Waals surface area contributed by atoms with Crippen molar-refractivity contribution < 1.29 is 14.7 Å². The Morgan fingerprint density at radius 1 is 1.24 bits per heavy atom. The van der Waals surface area contributed by atoms with Crippen molar-refractivity contribution in [3.8, 4) is 0 Å². The lowest BCUT2D eigenvalue weighted by atomic mass is 10.2. The van der Waals surface area contributed by atoms with Gasteiger partial charge in [-0.2, -0.15) is 4.37 Å². The molecule has 1 aliphatic rings. The molecular weight excluding hydrogens is 240 g/mol. The summed E-state index contributed by atoms with van der Waals surface area (Å²) in [4.78, 5) is 25.1. The molecule has 0 atom stereocenters. The molecule has 0 aliphatic carbocycles. The van der Waals surface area contributed by atoms with E-state index in [1.165, 1.54) is 6.20 Å². The molecule has 0 unspecified atom stereocenters. The quantitative estimate of drug-likeness (QED) is 0.874. The summed E-state index contributed by atoms with van der Waals surface area (Å²) < 4.78 is 3.80. The molecule has 1 N–H and O–H groups in total. The summed E-state index contributed by atoms with van der Waals surface area (Å²) in [6, 6.07) is 0. The Balaban J connectivity index is 2.17. The van der Waals surface area contributed by atoms with Crippen molar-refractivity contribution >= 4 is 23.4 Å². The summed E-state index contributed by atoms with van der Waals surface area (Å²) in [5, 5.41) is 8.95. The number of rotatable bonds is 2. The molecule has 2 heterocycles. The Morgan fingerprint density at radius 3 is 2.47 bits per heavy atom. The van der Waals surface area contributed by atoms with Gasteiger partial charge in [0.25, 0.3) is 5.91 Å². The van der Waals surface area contributed by atoms with Crippen LogP contribution in [0.4, 0.5) is 0 Å². The van der Waals surface area contributed by atoms with Crippen LogP contribution in [-0.4, -0.2) is 39.3 Å². The van der Waals surface area contributed by atoms with Gasteiger partial charge in [-0.05, 0) is 24.4 Å². The van der Waals surface area contributed by atoms with Gasteiger partial charge in [0.05, 0.1) is 6.20 Å². The molecule has 0 aromatic carbocycles. The van der Waals surface area contributed by atoms with Crippen LogP contribution in [0.5, 0.6) is 0 Å². The van der Waals surface area contributed by atoms with Crippen LogP contribution >= 0.6 is 11.5 Å². The Bertz CT molecular complexity index is 422. The predicted molar refractivity (Wildman–Crippen MR) is 63.4 cm³/mol. The third-order valence-electron chi connectivity index (χ3n) is 2.89. The first-order valence-corrected chi connectivity index (χ1v) is 6.44. The summed E-state index contributed by atoms with van der Waals surface area (Å²) in [6.07, 6.45) is 5.51. The average Bonchev–Trinajstić information content (AvgIpc) is 2.64. The fourth-order valence-electron chi connectivity index (χ4n) is 1.96. The Morgan fingerprint density at radius 2 is 1.88 bits per heavy atom. The van der Waals surface area contributed by atoms with Gasteiger partial charge in [-0.3, -0.25) is 4.79 Å². The van der Waals surface area contributed by atoms with Gasteiger partial charge in [0.2, 0.25) is 0 Å². The highest BCUT2D eigenvalue weighted by atomic mass is 32.1. The Kier molecular flexibility index (Phi) is 3.73. The predicted octanol–water partition coefficient (Wildman–Crippen LogP) is 1.86. The minimum atomic E-state index is -1.09. The van der Waals surface area contributed by atoms with E-state index in [0.29, 0.717) is 0 Å². The molecule has 1 aromatic heterocycles. The molecule has 1 fully saturated rings. The smallest absolute Gasteiger partial charge is 0.339 e. The van der Waals surface area contributed by atoms with Gasteiger partial charge in [0, 0.05) is 13.1 Å². The van der Waals surface area contributed by atoms with Gasteiger partial charge < -0.3 is 10.0 Å². The number of aromatic carboxylic acids is 1. The lowest BCUT2D eigenvalue weighted by molar-refractivity contribution is 0.0678. The molecule has 5 nitrogen and oxygen atoms in total. The maximum atomic E-state index is 12.2. The van der Waals surface area contributed by atoms with E-state index in [-0.39, 0.29) is 16.3 Å². The number of carbonyl (C=O) groups is 2. The number of hydrogen-bond donors (Lipinski definition) is 1. The zero-order valence-corrected chi connectivity index (χ0v) is 10.2. The monoisotopic (exact) mass is 254 g/mol. The average molecular weight is 254 g/mol. The van der Waals surface area contributed by atoms with Gasteiger partial charge in [-0.25, -0.2) is 4.79 Å². The molecule has 92 valence electrons. The lowest BCUT2D eigenvalue weighted by Gasteiger charge is -2.19. The van der Waals surface area contributed by atoms with Gasteiger partial charge in [0.15, 0.2) is 0 Å². The summed E-state index contributed by atoms with van der Waals surface area (Å²) in [6.45, 7) is 1.44. The fourth-order valence-corrected chi connectivity index (χ4v) is 2.67. The van der Waals surface area contributed by atoms with E-state index in [4.69, 9.17) is 5.11 Å². The first-order valence-electron chi connectivity index (χ1n) is 5.67. The molecule has 6 heteroatoms. The summed E-state index contributed by atoms with van der Waals surface area (Å²) in [7, 11) is 0. The van der Waals surface area contributed by atoms with Crippen molar-refractivity contribution in [1.82, 2.24) is 9.27 Å². The second kappa shape index (κ2) is 5.27. The number of aromatic nitrogens is 1. The van der Waals surface area contributed by atoms with Crippen molar-refractivity contribution in [1.29, 1.82) is 0 Å². The summed E-state index contributed by atoms with van der Waals surface area (Å²) >= 11 is 0.964. The highest BCUT2D eigenvalue weighted by molar-refractivity contribution is 7.08. The number of carbonyl (C=O) groups excluding carboxylic acids is 1. The van der Waals surface area contributed by atoms with Crippen LogP contribution in [-0.2, 0) is 0 Å². The molecule has 0 saturated carbocycles. The first-order chi connectivity index (χ1) is 8.20. The van der Waals surface area contributed by atoms with Gasteiger partial charge >= 0.3 is 5.97 Å². The number of carboxylic acids is 1. The molecule has 0 bridgehead atoms. The van der Waals surface area contributed by atoms with E-state index in [1.54, 1.807) is 4.90 Å². The molecule has 2 rings (SSSR count). The van der Waals surface area contributed by atoms with Crippen molar-refractivity contribution in [2.24, 2.45) is 0 Å². The second-order valence-electron chi connectivity index (χ2n) is 4.08. The number of hydrogen-bond acceptors (Lipinski definition) is 4. The SMILES string of the molecule is O=C(O)c1cnsc1C(=O)N1CCCCCC1. The highest BCUT2D eigenvalue weighted by Crippen LogP contribution is 2.19. The van der Waals surface area contributed by atoms with E-state index in [9.17, 15) is 9.59 Å². The third-order valence-corrected chi connectivity index (χ3v) is 3.68. The molecule has 0 radical (unpaired) electrons. The third kappa shape index (κ3) is 2.63. The summed E-state index contributed by atoms with van der Waals surface area (Å²) in [5.41, 5.74) is 0.0178. The number of amides is 1. The summed E-state index contributed by atoms with van der Waals surface area (Å²) in [5.74, 6) is -1.27. The maximum Gasteiger partial charge on any atom is 0.339 e. The molecule has 1 amide bonds. The van der Waals surface area contributed by atoms with E-state index in [1.807, 2.05) is 0 Å². The van der Waals surface area contributed by atoms with Crippen LogP contribution in [0.15, 0.2) is 6.20 Å². The lowest BCUT2D eigenvalue weighted by Crippen LogP contribution is -2.32.